The summed E-state index contributed by atoms with van der Waals surface area (Å²) in [6, 6.07) is 0. The van der Waals surface area contributed by atoms with Gasteiger partial charge in [-0.25, -0.2) is 4.57 Å². The van der Waals surface area contributed by atoms with Gasteiger partial charge in [-0.1, -0.05) is 175 Å². The van der Waals surface area contributed by atoms with E-state index in [4.69, 9.17) is 24.3 Å². The van der Waals surface area contributed by atoms with Crippen molar-refractivity contribution in [2.45, 2.75) is 194 Å². The fraction of sp³-hybridized carbons (Fsp3) is 0.973. The zero-order valence-corrected chi connectivity index (χ0v) is 31.4. The Kier molecular flexibility index (Phi) is 34.0. The van der Waals surface area contributed by atoms with Crippen LogP contribution in [0.1, 0.15) is 188 Å². The highest BCUT2D eigenvalue weighted by Gasteiger charge is 2.25. The van der Waals surface area contributed by atoms with Gasteiger partial charge in [-0.2, -0.15) is 0 Å². The second-order valence-electron chi connectivity index (χ2n) is 13.3. The highest BCUT2D eigenvalue weighted by molar-refractivity contribution is 7.47. The molecule has 0 aromatic carbocycles. The van der Waals surface area contributed by atoms with E-state index in [1.165, 1.54) is 135 Å². The SMILES string of the molecule is CCCCCCCCCCCCCCCCOC(COC(=O)C(C)CCCCCCCCCCCCC)COP(=O)(O)OCCN. The zero-order chi connectivity index (χ0) is 34.0. The van der Waals surface area contributed by atoms with Gasteiger partial charge in [-0.3, -0.25) is 13.8 Å². The summed E-state index contributed by atoms with van der Waals surface area (Å²) in [7, 11) is -4.24. The number of hydrogen-bond acceptors (Lipinski definition) is 7. The van der Waals surface area contributed by atoms with Gasteiger partial charge in [0.25, 0.3) is 0 Å². The van der Waals surface area contributed by atoms with Gasteiger partial charge in [-0.05, 0) is 12.8 Å². The molecule has 0 saturated carbocycles. The minimum absolute atomic E-state index is 0.0169. The molecule has 3 atom stereocenters. The molecule has 0 rings (SSSR count). The Bertz CT molecular complexity index is 697. The molecule has 0 saturated heterocycles. The minimum Gasteiger partial charge on any atom is -0.463 e. The first-order chi connectivity index (χ1) is 22.4. The highest BCUT2D eigenvalue weighted by Crippen LogP contribution is 2.43. The fourth-order valence-corrected chi connectivity index (χ4v) is 6.39. The van der Waals surface area contributed by atoms with Crippen LogP contribution in [-0.4, -0.2) is 49.9 Å². The molecule has 0 aliphatic heterocycles. The van der Waals surface area contributed by atoms with Crippen molar-refractivity contribution in [1.82, 2.24) is 0 Å². The number of ether oxygens (including phenoxy) is 2. The van der Waals surface area contributed by atoms with E-state index in [1.807, 2.05) is 6.92 Å². The summed E-state index contributed by atoms with van der Waals surface area (Å²) in [5, 5.41) is 0. The predicted octanol–water partition coefficient (Wildman–Crippen LogP) is 10.8. The lowest BCUT2D eigenvalue weighted by Crippen LogP contribution is -2.29. The Labute approximate surface area is 284 Å². The van der Waals surface area contributed by atoms with E-state index in [0.717, 1.165) is 32.1 Å². The molecule has 0 amide bonds. The first-order valence-electron chi connectivity index (χ1n) is 19.5. The first kappa shape index (κ1) is 45.5. The summed E-state index contributed by atoms with van der Waals surface area (Å²) in [6.07, 6.45) is 32.1. The topological polar surface area (TPSA) is 117 Å². The van der Waals surface area contributed by atoms with Crippen molar-refractivity contribution in [2.24, 2.45) is 11.7 Å². The van der Waals surface area contributed by atoms with Crippen LogP contribution >= 0.6 is 7.82 Å². The molecule has 0 heterocycles. The molecule has 0 fully saturated rings. The molecule has 9 heteroatoms. The molecule has 0 radical (unpaired) electrons. The Hall–Kier alpha value is -0.500. The number of rotatable bonds is 37. The molecule has 0 aliphatic rings. The number of phosphoric ester groups is 1. The first-order valence-corrected chi connectivity index (χ1v) is 21.0. The van der Waals surface area contributed by atoms with Gasteiger partial charge in [0.1, 0.15) is 12.7 Å². The second kappa shape index (κ2) is 34.4. The van der Waals surface area contributed by atoms with E-state index in [2.05, 4.69) is 13.8 Å². The smallest absolute Gasteiger partial charge is 0.463 e. The lowest BCUT2D eigenvalue weighted by molar-refractivity contribution is -0.153. The molecule has 0 aliphatic carbocycles. The number of esters is 1. The summed E-state index contributed by atoms with van der Waals surface area (Å²) >= 11 is 0. The van der Waals surface area contributed by atoms with Crippen LogP contribution in [-0.2, 0) is 27.9 Å². The van der Waals surface area contributed by atoms with Gasteiger partial charge in [0.05, 0.1) is 19.1 Å². The Balaban J connectivity index is 4.17. The molecule has 276 valence electrons. The number of phosphoric acid groups is 1. The number of carbonyl (C=O) groups excluding carboxylic acids is 1. The van der Waals surface area contributed by atoms with Crippen molar-refractivity contribution in [3.63, 3.8) is 0 Å². The average molecular weight is 678 g/mol. The van der Waals surface area contributed by atoms with Gasteiger partial charge in [0.15, 0.2) is 0 Å². The molecule has 3 unspecified atom stereocenters. The molecule has 0 spiro atoms. The summed E-state index contributed by atoms with van der Waals surface area (Å²) in [5.41, 5.74) is 5.37. The van der Waals surface area contributed by atoms with Crippen LogP contribution in [0, 0.1) is 5.92 Å². The lowest BCUT2D eigenvalue weighted by Gasteiger charge is -2.21. The van der Waals surface area contributed by atoms with E-state index in [-0.39, 0.29) is 38.3 Å². The molecule has 8 nitrogen and oxygen atoms in total. The summed E-state index contributed by atoms with van der Waals surface area (Å²) in [5.74, 6) is -0.452. The fourth-order valence-electron chi connectivity index (χ4n) is 5.62. The number of unbranched alkanes of at least 4 members (excludes halogenated alkanes) is 23. The van der Waals surface area contributed by atoms with E-state index < -0.39 is 13.9 Å². The Morgan fingerprint density at radius 2 is 1.02 bits per heavy atom. The van der Waals surface area contributed by atoms with Gasteiger partial charge in [0, 0.05) is 13.2 Å². The maximum Gasteiger partial charge on any atom is 0.472 e. The van der Waals surface area contributed by atoms with Gasteiger partial charge < -0.3 is 20.1 Å². The third-order valence-electron chi connectivity index (χ3n) is 8.70. The molecule has 3 N–H and O–H groups in total. The van der Waals surface area contributed by atoms with Crippen molar-refractivity contribution in [2.75, 3.05) is 33.0 Å². The number of nitrogens with two attached hydrogens (primary N) is 1. The van der Waals surface area contributed by atoms with Crippen molar-refractivity contribution in [3.8, 4) is 0 Å². The predicted molar refractivity (Wildman–Crippen MR) is 192 cm³/mol. The lowest BCUT2D eigenvalue weighted by atomic mass is 10.0. The Morgan fingerprint density at radius 1 is 0.609 bits per heavy atom. The van der Waals surface area contributed by atoms with Crippen LogP contribution < -0.4 is 5.73 Å². The van der Waals surface area contributed by atoms with E-state index in [9.17, 15) is 14.3 Å². The quantitative estimate of drug-likeness (QED) is 0.0379. The second-order valence-corrected chi connectivity index (χ2v) is 14.8. The van der Waals surface area contributed by atoms with Crippen LogP contribution in [0.5, 0.6) is 0 Å². The summed E-state index contributed by atoms with van der Waals surface area (Å²) < 4.78 is 33.6. The van der Waals surface area contributed by atoms with Crippen LogP contribution in [0.15, 0.2) is 0 Å². The standard InChI is InChI=1S/C37H76NO7P/c1-4-6-8-10-12-14-16-17-18-20-22-24-26-28-31-42-36(34-45-46(40,41)44-32-30-38)33-43-37(39)35(3)29-27-25-23-21-19-15-13-11-9-7-5-2/h35-36H,4-34,38H2,1-3H3,(H,40,41). The molecule has 0 bridgehead atoms. The number of carbonyl (C=O) groups is 1. The summed E-state index contributed by atoms with van der Waals surface area (Å²) in [4.78, 5) is 22.5. The van der Waals surface area contributed by atoms with Crippen LogP contribution in [0.25, 0.3) is 0 Å². The maximum absolute atomic E-state index is 12.7. The third-order valence-corrected chi connectivity index (χ3v) is 9.69. The molecular formula is C37H76NO7P. The van der Waals surface area contributed by atoms with Gasteiger partial charge in [0.2, 0.25) is 0 Å². The Morgan fingerprint density at radius 3 is 1.46 bits per heavy atom. The van der Waals surface area contributed by atoms with Gasteiger partial charge in [-0.15, -0.1) is 0 Å². The average Bonchev–Trinajstić information content (AvgIpc) is 3.05. The molecule has 46 heavy (non-hydrogen) atoms. The van der Waals surface area contributed by atoms with E-state index >= 15 is 0 Å². The molecule has 0 aromatic rings. The minimum atomic E-state index is -4.24. The molecular weight excluding hydrogens is 601 g/mol. The normalized spacial score (nSPS) is 14.3. The summed E-state index contributed by atoms with van der Waals surface area (Å²) in [6.45, 7) is 6.72. The van der Waals surface area contributed by atoms with Crippen LogP contribution in [0.4, 0.5) is 0 Å². The van der Waals surface area contributed by atoms with E-state index in [0.29, 0.717) is 6.61 Å². The van der Waals surface area contributed by atoms with Crippen LogP contribution in [0.2, 0.25) is 0 Å². The number of hydrogen-bond donors (Lipinski definition) is 2. The van der Waals surface area contributed by atoms with E-state index in [1.54, 1.807) is 0 Å². The monoisotopic (exact) mass is 678 g/mol. The van der Waals surface area contributed by atoms with Crippen molar-refractivity contribution in [1.29, 1.82) is 0 Å². The van der Waals surface area contributed by atoms with Crippen molar-refractivity contribution >= 4 is 13.8 Å². The van der Waals surface area contributed by atoms with Gasteiger partial charge >= 0.3 is 13.8 Å². The van der Waals surface area contributed by atoms with Crippen molar-refractivity contribution in [3.05, 3.63) is 0 Å². The zero-order valence-electron chi connectivity index (χ0n) is 30.5. The third kappa shape index (κ3) is 32.1. The molecule has 0 aromatic heterocycles. The van der Waals surface area contributed by atoms with Crippen LogP contribution in [0.3, 0.4) is 0 Å². The highest BCUT2D eigenvalue weighted by atomic mass is 31.2. The largest absolute Gasteiger partial charge is 0.472 e. The van der Waals surface area contributed by atoms with Crippen molar-refractivity contribution < 1.29 is 32.8 Å². The maximum atomic E-state index is 12.7.